The number of halogens is 1. The van der Waals surface area contributed by atoms with E-state index in [1.807, 2.05) is 12.1 Å². The predicted molar refractivity (Wildman–Crippen MR) is 83.0 cm³/mol. The summed E-state index contributed by atoms with van der Waals surface area (Å²) >= 11 is 3.50. The van der Waals surface area contributed by atoms with Crippen LogP contribution in [0.15, 0.2) is 28.7 Å². The first-order valence-electron chi connectivity index (χ1n) is 6.43. The Balaban J connectivity index is 2.32. The molecule has 0 aliphatic heterocycles. The number of aryl methyl sites for hydroxylation is 1. The van der Waals surface area contributed by atoms with E-state index in [2.05, 4.69) is 53.8 Å². The SMILES string of the molecule is Cc1[nH]c(CC(C)(C)CN)nc1-c1cccc(Br)c1. The summed E-state index contributed by atoms with van der Waals surface area (Å²) < 4.78 is 1.07. The largest absolute Gasteiger partial charge is 0.346 e. The summed E-state index contributed by atoms with van der Waals surface area (Å²) in [6.45, 7) is 7.02. The minimum absolute atomic E-state index is 0.0683. The molecule has 2 rings (SSSR count). The number of hydrogen-bond donors (Lipinski definition) is 2. The van der Waals surface area contributed by atoms with Crippen molar-refractivity contribution in [3.05, 3.63) is 40.3 Å². The second-order valence-corrected chi connectivity index (χ2v) is 6.63. The molecular formula is C15H20BrN3. The van der Waals surface area contributed by atoms with Crippen LogP contribution in [0.1, 0.15) is 25.4 Å². The lowest BCUT2D eigenvalue weighted by molar-refractivity contribution is 0.369. The number of aromatic amines is 1. The fourth-order valence-electron chi connectivity index (χ4n) is 2.05. The van der Waals surface area contributed by atoms with E-state index < -0.39 is 0 Å². The smallest absolute Gasteiger partial charge is 0.107 e. The van der Waals surface area contributed by atoms with Crippen LogP contribution in [0.5, 0.6) is 0 Å². The number of nitrogens with zero attached hydrogens (tertiary/aromatic N) is 1. The minimum Gasteiger partial charge on any atom is -0.346 e. The number of hydrogen-bond acceptors (Lipinski definition) is 2. The molecule has 19 heavy (non-hydrogen) atoms. The average molecular weight is 322 g/mol. The van der Waals surface area contributed by atoms with E-state index in [0.717, 1.165) is 33.7 Å². The van der Waals surface area contributed by atoms with E-state index in [1.54, 1.807) is 0 Å². The Bertz CT molecular complexity index is 573. The fraction of sp³-hybridized carbons (Fsp3) is 0.400. The maximum atomic E-state index is 5.78. The number of imidazole rings is 1. The van der Waals surface area contributed by atoms with Crippen LogP contribution < -0.4 is 5.73 Å². The molecule has 0 saturated carbocycles. The summed E-state index contributed by atoms with van der Waals surface area (Å²) in [6, 6.07) is 8.20. The van der Waals surface area contributed by atoms with Crippen molar-refractivity contribution in [2.75, 3.05) is 6.54 Å². The van der Waals surface area contributed by atoms with E-state index >= 15 is 0 Å². The maximum Gasteiger partial charge on any atom is 0.107 e. The first-order chi connectivity index (χ1) is 8.91. The van der Waals surface area contributed by atoms with Crippen LogP contribution in [0, 0.1) is 12.3 Å². The molecule has 0 amide bonds. The number of nitrogens with two attached hydrogens (primary N) is 1. The van der Waals surface area contributed by atoms with Gasteiger partial charge in [0.25, 0.3) is 0 Å². The van der Waals surface area contributed by atoms with E-state index in [1.165, 1.54) is 0 Å². The minimum atomic E-state index is 0.0683. The van der Waals surface area contributed by atoms with Gasteiger partial charge in [-0.1, -0.05) is 41.9 Å². The molecule has 0 radical (unpaired) electrons. The van der Waals surface area contributed by atoms with Crippen molar-refractivity contribution in [2.45, 2.75) is 27.2 Å². The van der Waals surface area contributed by atoms with Crippen LogP contribution in [0.4, 0.5) is 0 Å². The molecule has 2 aromatic rings. The zero-order chi connectivity index (χ0) is 14.0. The standard InChI is InChI=1S/C15H20BrN3/c1-10-14(11-5-4-6-12(16)7-11)19-13(18-10)8-15(2,3)9-17/h4-7H,8-9,17H2,1-3H3,(H,18,19). The molecule has 0 atom stereocenters. The fourth-order valence-corrected chi connectivity index (χ4v) is 2.45. The Hall–Kier alpha value is -1.13. The number of benzene rings is 1. The number of nitrogens with one attached hydrogen (secondary N) is 1. The highest BCUT2D eigenvalue weighted by Gasteiger charge is 2.19. The Morgan fingerprint density at radius 3 is 2.74 bits per heavy atom. The van der Waals surface area contributed by atoms with E-state index in [9.17, 15) is 0 Å². The molecule has 4 heteroatoms. The molecule has 3 nitrogen and oxygen atoms in total. The predicted octanol–water partition coefficient (Wildman–Crippen LogP) is 3.68. The molecule has 0 saturated heterocycles. The Morgan fingerprint density at radius 2 is 2.11 bits per heavy atom. The lowest BCUT2D eigenvalue weighted by Gasteiger charge is -2.20. The number of aromatic nitrogens is 2. The summed E-state index contributed by atoms with van der Waals surface area (Å²) in [7, 11) is 0. The molecule has 0 aliphatic rings. The van der Waals surface area contributed by atoms with Crippen LogP contribution in [0.3, 0.4) is 0 Å². The number of rotatable bonds is 4. The van der Waals surface area contributed by atoms with E-state index in [0.29, 0.717) is 6.54 Å². The molecule has 1 heterocycles. The first kappa shape index (κ1) is 14.3. The van der Waals surface area contributed by atoms with Gasteiger partial charge in [-0.15, -0.1) is 0 Å². The quantitative estimate of drug-likeness (QED) is 0.902. The highest BCUT2D eigenvalue weighted by Crippen LogP contribution is 2.26. The molecule has 102 valence electrons. The molecule has 0 unspecified atom stereocenters. The molecule has 0 spiro atoms. The topological polar surface area (TPSA) is 54.7 Å². The third kappa shape index (κ3) is 3.45. The summed E-state index contributed by atoms with van der Waals surface area (Å²) in [6.07, 6.45) is 0.859. The molecular weight excluding hydrogens is 302 g/mol. The lowest BCUT2D eigenvalue weighted by atomic mass is 9.89. The van der Waals surface area contributed by atoms with Gasteiger partial charge in [-0.05, 0) is 31.0 Å². The molecule has 0 fully saturated rings. The molecule has 1 aromatic carbocycles. The van der Waals surface area contributed by atoms with Gasteiger partial charge in [-0.25, -0.2) is 4.98 Å². The van der Waals surface area contributed by atoms with Crippen molar-refractivity contribution in [3.63, 3.8) is 0 Å². The highest BCUT2D eigenvalue weighted by atomic mass is 79.9. The van der Waals surface area contributed by atoms with E-state index in [4.69, 9.17) is 10.7 Å². The van der Waals surface area contributed by atoms with Gasteiger partial charge >= 0.3 is 0 Å². The Kier molecular flexibility index (Phi) is 4.11. The van der Waals surface area contributed by atoms with Crippen LogP contribution in [0.2, 0.25) is 0 Å². The van der Waals surface area contributed by atoms with Crippen molar-refractivity contribution < 1.29 is 0 Å². The van der Waals surface area contributed by atoms with Gasteiger partial charge in [-0.2, -0.15) is 0 Å². The third-order valence-electron chi connectivity index (χ3n) is 3.23. The summed E-state index contributed by atoms with van der Waals surface area (Å²) in [5.41, 5.74) is 9.09. The zero-order valence-corrected chi connectivity index (χ0v) is 13.2. The lowest BCUT2D eigenvalue weighted by Crippen LogP contribution is -2.26. The van der Waals surface area contributed by atoms with Gasteiger partial charge in [0.05, 0.1) is 5.69 Å². The van der Waals surface area contributed by atoms with Crippen molar-refractivity contribution in [3.8, 4) is 11.3 Å². The molecule has 0 aliphatic carbocycles. The third-order valence-corrected chi connectivity index (χ3v) is 3.72. The second-order valence-electron chi connectivity index (χ2n) is 5.71. The first-order valence-corrected chi connectivity index (χ1v) is 7.22. The van der Waals surface area contributed by atoms with Gasteiger partial charge in [-0.3, -0.25) is 0 Å². The van der Waals surface area contributed by atoms with Crippen LogP contribution >= 0.6 is 15.9 Å². The van der Waals surface area contributed by atoms with Crippen LogP contribution in [-0.4, -0.2) is 16.5 Å². The molecule has 1 aromatic heterocycles. The summed E-state index contributed by atoms with van der Waals surface area (Å²) in [5.74, 6) is 1.00. The van der Waals surface area contributed by atoms with Crippen molar-refractivity contribution in [2.24, 2.45) is 11.1 Å². The normalized spacial score (nSPS) is 11.8. The highest BCUT2D eigenvalue weighted by molar-refractivity contribution is 9.10. The van der Waals surface area contributed by atoms with Gasteiger partial charge in [0.1, 0.15) is 5.82 Å². The van der Waals surface area contributed by atoms with Crippen molar-refractivity contribution in [1.82, 2.24) is 9.97 Å². The van der Waals surface area contributed by atoms with Gasteiger partial charge in [0.2, 0.25) is 0 Å². The van der Waals surface area contributed by atoms with Gasteiger partial charge in [0.15, 0.2) is 0 Å². The summed E-state index contributed by atoms with van der Waals surface area (Å²) in [5, 5.41) is 0. The monoisotopic (exact) mass is 321 g/mol. The Labute approximate surface area is 122 Å². The Morgan fingerprint density at radius 1 is 1.37 bits per heavy atom. The number of H-pyrrole nitrogens is 1. The van der Waals surface area contributed by atoms with E-state index in [-0.39, 0.29) is 5.41 Å². The van der Waals surface area contributed by atoms with Crippen molar-refractivity contribution >= 4 is 15.9 Å². The molecule has 3 N–H and O–H groups in total. The van der Waals surface area contributed by atoms with Crippen molar-refractivity contribution in [1.29, 1.82) is 0 Å². The van der Waals surface area contributed by atoms with Gasteiger partial charge < -0.3 is 10.7 Å². The van der Waals surface area contributed by atoms with Gasteiger partial charge in [0, 0.05) is 22.2 Å². The second kappa shape index (κ2) is 5.47. The van der Waals surface area contributed by atoms with Crippen LogP contribution in [-0.2, 0) is 6.42 Å². The summed E-state index contributed by atoms with van der Waals surface area (Å²) in [4.78, 5) is 8.09. The maximum absolute atomic E-state index is 5.78. The molecule has 0 bridgehead atoms. The van der Waals surface area contributed by atoms with Crippen LogP contribution in [0.25, 0.3) is 11.3 Å². The zero-order valence-electron chi connectivity index (χ0n) is 11.6. The average Bonchev–Trinajstić information content (AvgIpc) is 2.69.